The third kappa shape index (κ3) is 7.00. The molecule has 0 N–H and O–H groups in total. The summed E-state index contributed by atoms with van der Waals surface area (Å²) < 4.78 is 5.55. The van der Waals surface area contributed by atoms with E-state index < -0.39 is 0 Å². The first-order chi connectivity index (χ1) is 7.93. The van der Waals surface area contributed by atoms with Crippen LogP contribution in [0.2, 0.25) is 0 Å². The van der Waals surface area contributed by atoms with E-state index in [4.69, 9.17) is 4.74 Å². The van der Waals surface area contributed by atoms with Crippen molar-refractivity contribution in [2.75, 3.05) is 13.2 Å². The summed E-state index contributed by atoms with van der Waals surface area (Å²) in [5, 5.41) is 0. The van der Waals surface area contributed by atoms with Gasteiger partial charge in [-0.05, 0) is 19.3 Å². The van der Waals surface area contributed by atoms with E-state index in [9.17, 15) is 4.79 Å². The van der Waals surface area contributed by atoms with Gasteiger partial charge < -0.3 is 9.53 Å². The first-order valence-corrected chi connectivity index (χ1v) is 6.96. The average Bonchev–Trinajstić information content (AvgIpc) is 2.32. The highest BCUT2D eigenvalue weighted by atomic mass is 16.5. The van der Waals surface area contributed by atoms with Crippen molar-refractivity contribution in [2.45, 2.75) is 64.2 Å². The summed E-state index contributed by atoms with van der Waals surface area (Å²) in [7, 11) is 0. The highest BCUT2D eigenvalue weighted by Gasteiger charge is 2.07. The fourth-order valence-electron chi connectivity index (χ4n) is 2.29. The molecule has 0 spiro atoms. The third-order valence-corrected chi connectivity index (χ3v) is 3.44. The molecule has 2 nitrogen and oxygen atoms in total. The number of carbonyl (C=O) groups excluding carboxylic acids is 1. The zero-order chi connectivity index (χ0) is 11.5. The molecule has 0 aromatic heterocycles. The van der Waals surface area contributed by atoms with E-state index in [-0.39, 0.29) is 5.92 Å². The molecule has 2 heteroatoms. The predicted molar refractivity (Wildman–Crippen MR) is 66.5 cm³/mol. The van der Waals surface area contributed by atoms with Gasteiger partial charge in [-0.1, -0.05) is 44.9 Å². The smallest absolute Gasteiger partial charge is 0.123 e. The molecule has 94 valence electrons. The van der Waals surface area contributed by atoms with Crippen LogP contribution in [0.1, 0.15) is 64.2 Å². The van der Waals surface area contributed by atoms with Gasteiger partial charge >= 0.3 is 0 Å². The van der Waals surface area contributed by atoms with Gasteiger partial charge in [-0.15, -0.1) is 0 Å². The molecule has 0 aromatic carbocycles. The van der Waals surface area contributed by atoms with Crippen molar-refractivity contribution in [1.29, 1.82) is 0 Å². The summed E-state index contributed by atoms with van der Waals surface area (Å²) in [4.78, 5) is 10.8. The molecule has 1 saturated heterocycles. The van der Waals surface area contributed by atoms with Crippen molar-refractivity contribution in [2.24, 2.45) is 5.92 Å². The maximum Gasteiger partial charge on any atom is 0.123 e. The van der Waals surface area contributed by atoms with Crippen molar-refractivity contribution in [3.05, 3.63) is 0 Å². The van der Waals surface area contributed by atoms with Crippen molar-refractivity contribution >= 4 is 6.29 Å². The number of carbonyl (C=O) groups is 1. The van der Waals surface area contributed by atoms with E-state index in [0.717, 1.165) is 32.3 Å². The lowest BCUT2D eigenvalue weighted by Gasteiger charge is -2.11. The van der Waals surface area contributed by atoms with Crippen LogP contribution in [0, 0.1) is 5.92 Å². The Labute approximate surface area is 99.8 Å². The van der Waals surface area contributed by atoms with Crippen LogP contribution in [-0.2, 0) is 9.53 Å². The van der Waals surface area contributed by atoms with E-state index in [0.29, 0.717) is 0 Å². The lowest BCUT2D eigenvalue weighted by molar-refractivity contribution is -0.111. The summed E-state index contributed by atoms with van der Waals surface area (Å²) in [5.74, 6) is 0.239. The standard InChI is InChI=1S/C14H26O2/c15-13-14-9-7-5-3-1-2-4-6-8-11-16-12-10-14/h13-14H,1-12H2. The summed E-state index contributed by atoms with van der Waals surface area (Å²) >= 11 is 0. The predicted octanol–water partition coefficient (Wildman–Crippen LogP) is 3.73. The second kappa shape index (κ2) is 9.83. The Kier molecular flexibility index (Phi) is 8.41. The Hall–Kier alpha value is -0.370. The second-order valence-corrected chi connectivity index (χ2v) is 4.91. The lowest BCUT2D eigenvalue weighted by atomic mass is 9.98. The van der Waals surface area contributed by atoms with Crippen LogP contribution < -0.4 is 0 Å². The van der Waals surface area contributed by atoms with Gasteiger partial charge in [0.05, 0.1) is 0 Å². The average molecular weight is 226 g/mol. The molecular weight excluding hydrogens is 200 g/mol. The van der Waals surface area contributed by atoms with Crippen molar-refractivity contribution in [3.63, 3.8) is 0 Å². The first-order valence-electron chi connectivity index (χ1n) is 6.96. The maximum atomic E-state index is 10.8. The Morgan fingerprint density at radius 3 is 2.06 bits per heavy atom. The van der Waals surface area contributed by atoms with Gasteiger partial charge in [0.1, 0.15) is 6.29 Å². The van der Waals surface area contributed by atoms with Crippen LogP contribution in [0.4, 0.5) is 0 Å². The van der Waals surface area contributed by atoms with Gasteiger partial charge in [0.25, 0.3) is 0 Å². The van der Waals surface area contributed by atoms with Crippen LogP contribution in [0.25, 0.3) is 0 Å². The zero-order valence-electron chi connectivity index (χ0n) is 10.5. The molecule has 16 heavy (non-hydrogen) atoms. The van der Waals surface area contributed by atoms with E-state index in [2.05, 4.69) is 0 Å². The van der Waals surface area contributed by atoms with E-state index in [1.807, 2.05) is 0 Å². The van der Waals surface area contributed by atoms with Crippen LogP contribution in [0.5, 0.6) is 0 Å². The third-order valence-electron chi connectivity index (χ3n) is 3.44. The molecule has 0 saturated carbocycles. The molecule has 1 aliphatic heterocycles. The number of rotatable bonds is 1. The summed E-state index contributed by atoms with van der Waals surface area (Å²) in [6.45, 7) is 1.65. The Bertz CT molecular complexity index is 154. The molecule has 0 amide bonds. The molecule has 1 unspecified atom stereocenters. The van der Waals surface area contributed by atoms with E-state index in [1.165, 1.54) is 51.4 Å². The Balaban J connectivity index is 2.18. The molecule has 0 aromatic rings. The number of hydrogen-bond acceptors (Lipinski definition) is 2. The molecule has 1 rings (SSSR count). The second-order valence-electron chi connectivity index (χ2n) is 4.91. The largest absolute Gasteiger partial charge is 0.381 e. The number of hydrogen-bond donors (Lipinski definition) is 0. The Morgan fingerprint density at radius 1 is 0.750 bits per heavy atom. The monoisotopic (exact) mass is 226 g/mol. The molecule has 1 heterocycles. The fourth-order valence-corrected chi connectivity index (χ4v) is 2.29. The number of ether oxygens (including phenoxy) is 1. The van der Waals surface area contributed by atoms with Crippen molar-refractivity contribution in [1.82, 2.24) is 0 Å². The molecule has 1 aliphatic rings. The minimum Gasteiger partial charge on any atom is -0.381 e. The van der Waals surface area contributed by atoms with E-state index >= 15 is 0 Å². The maximum absolute atomic E-state index is 10.8. The molecular formula is C14H26O2. The molecule has 0 radical (unpaired) electrons. The van der Waals surface area contributed by atoms with Gasteiger partial charge in [0, 0.05) is 19.1 Å². The topological polar surface area (TPSA) is 26.3 Å². The van der Waals surface area contributed by atoms with Gasteiger partial charge in [0.15, 0.2) is 0 Å². The fraction of sp³-hybridized carbons (Fsp3) is 0.929. The van der Waals surface area contributed by atoms with Crippen LogP contribution in [0.3, 0.4) is 0 Å². The van der Waals surface area contributed by atoms with Gasteiger partial charge in [-0.2, -0.15) is 0 Å². The Morgan fingerprint density at radius 2 is 1.38 bits per heavy atom. The minimum atomic E-state index is 0.239. The highest BCUT2D eigenvalue weighted by molar-refractivity contribution is 5.53. The summed E-state index contributed by atoms with van der Waals surface area (Å²) in [6.07, 6.45) is 13.6. The highest BCUT2D eigenvalue weighted by Crippen LogP contribution is 2.15. The lowest BCUT2D eigenvalue weighted by Crippen LogP contribution is -2.08. The summed E-state index contributed by atoms with van der Waals surface area (Å²) in [6, 6.07) is 0. The minimum absolute atomic E-state index is 0.239. The van der Waals surface area contributed by atoms with Crippen LogP contribution >= 0.6 is 0 Å². The van der Waals surface area contributed by atoms with Gasteiger partial charge in [-0.25, -0.2) is 0 Å². The zero-order valence-corrected chi connectivity index (χ0v) is 10.5. The van der Waals surface area contributed by atoms with Crippen molar-refractivity contribution < 1.29 is 9.53 Å². The molecule has 1 atom stereocenters. The molecule has 1 fully saturated rings. The summed E-state index contributed by atoms with van der Waals surface area (Å²) in [5.41, 5.74) is 0. The van der Waals surface area contributed by atoms with Gasteiger partial charge in [-0.3, -0.25) is 0 Å². The first kappa shape index (κ1) is 13.7. The van der Waals surface area contributed by atoms with E-state index in [1.54, 1.807) is 0 Å². The molecule has 0 bridgehead atoms. The normalized spacial score (nSPS) is 26.9. The molecule has 0 aliphatic carbocycles. The van der Waals surface area contributed by atoms with Crippen LogP contribution in [0.15, 0.2) is 0 Å². The van der Waals surface area contributed by atoms with Gasteiger partial charge in [0.2, 0.25) is 0 Å². The van der Waals surface area contributed by atoms with Crippen molar-refractivity contribution in [3.8, 4) is 0 Å². The SMILES string of the molecule is O=CC1CCCCCCCCCCOCC1. The van der Waals surface area contributed by atoms with Crippen LogP contribution in [-0.4, -0.2) is 19.5 Å². The number of aldehydes is 1. The quantitative estimate of drug-likeness (QED) is 0.637.